The van der Waals surface area contributed by atoms with Gasteiger partial charge in [-0.3, -0.25) is 14.4 Å². The Morgan fingerprint density at radius 3 is 2.46 bits per heavy atom. The van der Waals surface area contributed by atoms with E-state index in [1.54, 1.807) is 0 Å². The van der Waals surface area contributed by atoms with Gasteiger partial charge in [-0.15, -0.1) is 0 Å². The second-order valence-electron chi connectivity index (χ2n) is 5.41. The number of carboxylic acids is 1. The quantitative estimate of drug-likeness (QED) is 0.505. The first kappa shape index (κ1) is 21.1. The molecule has 0 unspecified atom stereocenters. The van der Waals surface area contributed by atoms with Crippen molar-refractivity contribution in [2.45, 2.75) is 31.9 Å². The summed E-state index contributed by atoms with van der Waals surface area (Å²) in [5.41, 5.74) is 0.837. The van der Waals surface area contributed by atoms with Crippen LogP contribution in [0, 0.1) is 0 Å². The summed E-state index contributed by atoms with van der Waals surface area (Å²) < 4.78 is 17.4. The molecule has 26 heavy (non-hydrogen) atoms. The van der Waals surface area contributed by atoms with Crippen LogP contribution in [-0.4, -0.2) is 48.1 Å². The fourth-order valence-corrected chi connectivity index (χ4v) is 1.99. The second kappa shape index (κ2) is 11.6. The Bertz CT molecular complexity index is 623. The number of hydrogen-bond acceptors (Lipinski definition) is 5. The summed E-state index contributed by atoms with van der Waals surface area (Å²) in [6.07, 6.45) is -1.13. The SMILES string of the molecule is O=C(O)C[C@H](NC(=O)CCCNC(=O)OCc1ccccc1)C(=O)CF. The number of benzene rings is 1. The molecule has 0 bridgehead atoms. The summed E-state index contributed by atoms with van der Waals surface area (Å²) in [5.74, 6) is -2.92. The van der Waals surface area contributed by atoms with Crippen LogP contribution < -0.4 is 10.6 Å². The molecule has 0 aliphatic rings. The molecule has 142 valence electrons. The third-order valence-electron chi connectivity index (χ3n) is 3.30. The third kappa shape index (κ3) is 8.76. The van der Waals surface area contributed by atoms with Crippen LogP contribution in [0.5, 0.6) is 0 Å². The molecule has 1 aromatic carbocycles. The summed E-state index contributed by atoms with van der Waals surface area (Å²) >= 11 is 0. The Kier molecular flexibility index (Phi) is 9.37. The van der Waals surface area contributed by atoms with Crippen LogP contribution in [-0.2, 0) is 25.7 Å². The van der Waals surface area contributed by atoms with Crippen LogP contribution in [0.25, 0.3) is 0 Å². The Hall–Kier alpha value is -2.97. The first-order valence-electron chi connectivity index (χ1n) is 7.96. The Labute approximate surface area is 149 Å². The summed E-state index contributed by atoms with van der Waals surface area (Å²) in [6.45, 7) is -1.08. The van der Waals surface area contributed by atoms with E-state index < -0.39 is 42.9 Å². The van der Waals surface area contributed by atoms with Crippen molar-refractivity contribution in [1.82, 2.24) is 10.6 Å². The highest BCUT2D eigenvalue weighted by Gasteiger charge is 2.23. The van der Waals surface area contributed by atoms with Crippen molar-refractivity contribution < 1.29 is 33.4 Å². The predicted molar refractivity (Wildman–Crippen MR) is 89.0 cm³/mol. The van der Waals surface area contributed by atoms with E-state index >= 15 is 0 Å². The molecule has 1 aromatic rings. The van der Waals surface area contributed by atoms with Crippen molar-refractivity contribution in [3.63, 3.8) is 0 Å². The maximum atomic E-state index is 12.4. The van der Waals surface area contributed by atoms with E-state index in [4.69, 9.17) is 9.84 Å². The minimum absolute atomic E-state index is 0.0609. The highest BCUT2D eigenvalue weighted by Crippen LogP contribution is 2.01. The molecule has 2 amide bonds. The lowest BCUT2D eigenvalue weighted by molar-refractivity contribution is -0.140. The lowest BCUT2D eigenvalue weighted by Gasteiger charge is -2.14. The Balaban J connectivity index is 2.22. The molecular weight excluding hydrogens is 347 g/mol. The smallest absolute Gasteiger partial charge is 0.407 e. The van der Waals surface area contributed by atoms with E-state index in [0.717, 1.165) is 5.56 Å². The number of carbonyl (C=O) groups is 4. The molecule has 0 aliphatic heterocycles. The Morgan fingerprint density at radius 2 is 1.85 bits per heavy atom. The number of nitrogens with one attached hydrogen (secondary N) is 2. The van der Waals surface area contributed by atoms with E-state index in [9.17, 15) is 23.6 Å². The molecule has 0 spiro atoms. The largest absolute Gasteiger partial charge is 0.481 e. The molecular formula is C17H21FN2O6. The highest BCUT2D eigenvalue weighted by atomic mass is 19.1. The zero-order chi connectivity index (χ0) is 19.4. The number of amides is 2. The molecule has 9 heteroatoms. The van der Waals surface area contributed by atoms with Gasteiger partial charge in [-0.05, 0) is 12.0 Å². The maximum Gasteiger partial charge on any atom is 0.407 e. The van der Waals surface area contributed by atoms with Crippen LogP contribution in [0.15, 0.2) is 30.3 Å². The molecule has 0 saturated heterocycles. The molecule has 0 radical (unpaired) electrons. The molecule has 1 atom stereocenters. The van der Waals surface area contributed by atoms with E-state index in [0.29, 0.717) is 0 Å². The number of carboxylic acid groups (broad SMARTS) is 1. The molecule has 0 saturated carbocycles. The van der Waals surface area contributed by atoms with E-state index in [1.807, 2.05) is 30.3 Å². The van der Waals surface area contributed by atoms with Gasteiger partial charge in [-0.25, -0.2) is 9.18 Å². The van der Waals surface area contributed by atoms with E-state index in [2.05, 4.69) is 10.6 Å². The zero-order valence-corrected chi connectivity index (χ0v) is 14.1. The van der Waals surface area contributed by atoms with Gasteiger partial charge in [0, 0.05) is 13.0 Å². The topological polar surface area (TPSA) is 122 Å². The monoisotopic (exact) mass is 368 g/mol. The summed E-state index contributed by atoms with van der Waals surface area (Å²) in [5, 5.41) is 13.3. The minimum atomic E-state index is -1.39. The normalized spacial score (nSPS) is 11.3. The van der Waals surface area contributed by atoms with Gasteiger partial charge in [0.1, 0.15) is 19.3 Å². The molecule has 0 aromatic heterocycles. The number of alkyl halides is 1. The van der Waals surface area contributed by atoms with Crippen molar-refractivity contribution >= 4 is 23.8 Å². The van der Waals surface area contributed by atoms with Gasteiger partial charge in [0.05, 0.1) is 6.42 Å². The van der Waals surface area contributed by atoms with Gasteiger partial charge in [-0.1, -0.05) is 30.3 Å². The van der Waals surface area contributed by atoms with Crippen LogP contribution in [0.2, 0.25) is 0 Å². The first-order valence-corrected chi connectivity index (χ1v) is 7.96. The number of rotatable bonds is 11. The zero-order valence-electron chi connectivity index (χ0n) is 14.1. The number of ether oxygens (including phenoxy) is 1. The summed E-state index contributed by atoms with van der Waals surface area (Å²) in [6, 6.07) is 7.71. The predicted octanol–water partition coefficient (Wildman–Crippen LogP) is 1.19. The van der Waals surface area contributed by atoms with Crippen molar-refractivity contribution in [3.05, 3.63) is 35.9 Å². The van der Waals surface area contributed by atoms with Gasteiger partial charge in [0.25, 0.3) is 0 Å². The number of hydrogen-bond donors (Lipinski definition) is 3. The fraction of sp³-hybridized carbons (Fsp3) is 0.412. The number of aliphatic carboxylic acids is 1. The number of ketones is 1. The van der Waals surface area contributed by atoms with E-state index in [-0.39, 0.29) is 26.0 Å². The third-order valence-corrected chi connectivity index (χ3v) is 3.30. The standard InChI is InChI=1S/C17H21FN2O6/c18-10-14(21)13(9-16(23)24)20-15(22)7-4-8-19-17(25)26-11-12-5-2-1-3-6-12/h1-3,5-6,13H,4,7-11H2,(H,19,25)(H,20,22)(H,23,24)/t13-/m0/s1. The average molecular weight is 368 g/mol. The van der Waals surface area contributed by atoms with Gasteiger partial charge in [0.2, 0.25) is 5.91 Å². The Morgan fingerprint density at radius 1 is 1.15 bits per heavy atom. The molecule has 0 heterocycles. The van der Waals surface area contributed by atoms with Gasteiger partial charge in [0.15, 0.2) is 5.78 Å². The van der Waals surface area contributed by atoms with Crippen LogP contribution in [0.1, 0.15) is 24.8 Å². The fourth-order valence-electron chi connectivity index (χ4n) is 1.99. The number of alkyl carbamates (subject to hydrolysis) is 1. The van der Waals surface area contributed by atoms with Crippen LogP contribution >= 0.6 is 0 Å². The molecule has 0 fully saturated rings. The van der Waals surface area contributed by atoms with Crippen molar-refractivity contribution in [1.29, 1.82) is 0 Å². The van der Waals surface area contributed by atoms with Gasteiger partial charge in [-0.2, -0.15) is 0 Å². The number of halogens is 1. The van der Waals surface area contributed by atoms with Gasteiger partial charge >= 0.3 is 12.1 Å². The van der Waals surface area contributed by atoms with Crippen LogP contribution in [0.4, 0.5) is 9.18 Å². The minimum Gasteiger partial charge on any atom is -0.481 e. The number of Topliss-reactive ketones (excluding diaryl/α,β-unsaturated/α-hetero) is 1. The summed E-state index contributed by atoms with van der Waals surface area (Å²) in [7, 11) is 0. The maximum absolute atomic E-state index is 12.4. The van der Waals surface area contributed by atoms with Gasteiger partial charge < -0.3 is 20.5 Å². The van der Waals surface area contributed by atoms with Crippen molar-refractivity contribution in [3.8, 4) is 0 Å². The highest BCUT2D eigenvalue weighted by molar-refractivity contribution is 5.92. The molecule has 1 rings (SSSR count). The van der Waals surface area contributed by atoms with Crippen molar-refractivity contribution in [2.75, 3.05) is 13.2 Å². The summed E-state index contributed by atoms with van der Waals surface area (Å²) in [4.78, 5) is 45.1. The second-order valence-corrected chi connectivity index (χ2v) is 5.41. The molecule has 8 nitrogen and oxygen atoms in total. The lowest BCUT2D eigenvalue weighted by Crippen LogP contribution is -2.43. The molecule has 3 N–H and O–H groups in total. The van der Waals surface area contributed by atoms with Crippen molar-refractivity contribution in [2.24, 2.45) is 0 Å². The average Bonchev–Trinajstić information content (AvgIpc) is 2.62. The van der Waals surface area contributed by atoms with Crippen LogP contribution in [0.3, 0.4) is 0 Å². The first-order chi connectivity index (χ1) is 12.4. The lowest BCUT2D eigenvalue weighted by atomic mass is 10.1. The molecule has 0 aliphatic carbocycles. The van der Waals surface area contributed by atoms with E-state index in [1.165, 1.54) is 0 Å². The number of carbonyl (C=O) groups excluding carboxylic acids is 3.